The molecule has 2 aliphatic rings. The Labute approximate surface area is 165 Å². The normalized spacial score (nSPS) is 25.6. The number of aromatic nitrogens is 2. The smallest absolute Gasteiger partial charge is 0.254 e. The first kappa shape index (κ1) is 18.5. The summed E-state index contributed by atoms with van der Waals surface area (Å²) in [5.41, 5.74) is 6.76. The zero-order chi connectivity index (χ0) is 19.7. The van der Waals surface area contributed by atoms with Crippen molar-refractivity contribution in [3.05, 3.63) is 42.1 Å². The van der Waals surface area contributed by atoms with E-state index in [1.165, 1.54) is 0 Å². The number of carbonyl (C=O) groups is 1. The lowest BCUT2D eigenvalue weighted by Gasteiger charge is -2.46. The van der Waals surface area contributed by atoms with Crippen molar-refractivity contribution in [2.24, 2.45) is 17.6 Å². The molecule has 7 heteroatoms. The molecule has 0 bridgehead atoms. The number of hydrogen-bond donors (Lipinski definition) is 2. The zero-order valence-electron chi connectivity index (χ0n) is 16.1. The lowest BCUT2D eigenvalue weighted by Crippen LogP contribution is -2.53. The van der Waals surface area contributed by atoms with E-state index in [4.69, 9.17) is 5.73 Å². The van der Waals surface area contributed by atoms with Crippen LogP contribution in [0.15, 0.2) is 36.5 Å². The number of nitrogens with two attached hydrogens (primary N) is 1. The predicted octanol–water partition coefficient (Wildman–Crippen LogP) is 2.91. The number of likely N-dealkylation sites (tertiary alicyclic amines) is 1. The second-order valence-electron chi connectivity index (χ2n) is 8.06. The lowest BCUT2D eigenvalue weighted by molar-refractivity contribution is 0.0264. The van der Waals surface area contributed by atoms with E-state index >= 15 is 0 Å². The number of hydrogen-bond acceptors (Lipinski definition) is 5. The second kappa shape index (κ2) is 7.64. The van der Waals surface area contributed by atoms with Gasteiger partial charge in [0.2, 0.25) is 0 Å². The van der Waals surface area contributed by atoms with Gasteiger partial charge in [-0.25, -0.2) is 0 Å². The summed E-state index contributed by atoms with van der Waals surface area (Å²) < 4.78 is 1.77. The molecule has 1 aromatic carbocycles. The van der Waals surface area contributed by atoms with Crippen LogP contribution in [0.2, 0.25) is 0 Å². The molecule has 1 aliphatic heterocycles. The molecule has 2 fully saturated rings. The molecule has 1 saturated carbocycles. The van der Waals surface area contributed by atoms with Crippen LogP contribution < -0.4 is 11.1 Å². The van der Waals surface area contributed by atoms with Crippen LogP contribution in [-0.4, -0.2) is 39.7 Å². The van der Waals surface area contributed by atoms with Crippen LogP contribution in [0.25, 0.3) is 0 Å². The molecule has 3 atom stereocenters. The summed E-state index contributed by atoms with van der Waals surface area (Å²) in [6.07, 6.45) is 4.46. The average molecular weight is 378 g/mol. The SMILES string of the molecule is CC1CN(C2CCC(n3cc(C(N)=O)c(Nc4ccccc4)n3)C(C#N)C2)C1. The summed E-state index contributed by atoms with van der Waals surface area (Å²) in [5.74, 6) is 0.546. The molecule has 28 heavy (non-hydrogen) atoms. The van der Waals surface area contributed by atoms with Crippen LogP contribution in [-0.2, 0) is 0 Å². The molecule has 1 aliphatic carbocycles. The molecule has 3 N–H and O–H groups in total. The van der Waals surface area contributed by atoms with E-state index in [1.807, 2.05) is 30.3 Å². The van der Waals surface area contributed by atoms with Crippen LogP contribution in [0.1, 0.15) is 42.6 Å². The van der Waals surface area contributed by atoms with E-state index in [1.54, 1.807) is 10.9 Å². The van der Waals surface area contributed by atoms with Crippen molar-refractivity contribution < 1.29 is 4.79 Å². The van der Waals surface area contributed by atoms with Gasteiger partial charge in [0.05, 0.1) is 18.0 Å². The number of nitrogens with zero attached hydrogens (tertiary/aromatic N) is 4. The topological polar surface area (TPSA) is 100.0 Å². The third-order valence-corrected chi connectivity index (χ3v) is 5.93. The summed E-state index contributed by atoms with van der Waals surface area (Å²) in [7, 11) is 0. The minimum Gasteiger partial charge on any atom is -0.365 e. The molecule has 7 nitrogen and oxygen atoms in total. The molecule has 3 unspecified atom stereocenters. The van der Waals surface area contributed by atoms with Gasteiger partial charge in [0, 0.05) is 31.0 Å². The fourth-order valence-electron chi connectivity index (χ4n) is 4.46. The second-order valence-corrected chi connectivity index (χ2v) is 8.06. The van der Waals surface area contributed by atoms with Gasteiger partial charge in [-0.1, -0.05) is 25.1 Å². The summed E-state index contributed by atoms with van der Waals surface area (Å²) in [6, 6.07) is 12.5. The number of carbonyl (C=O) groups excluding carboxylic acids is 1. The lowest BCUT2D eigenvalue weighted by atomic mass is 9.80. The first-order valence-corrected chi connectivity index (χ1v) is 9.90. The van der Waals surface area contributed by atoms with E-state index in [0.29, 0.717) is 17.4 Å². The summed E-state index contributed by atoms with van der Waals surface area (Å²) >= 11 is 0. The molecular weight excluding hydrogens is 352 g/mol. The Bertz CT molecular complexity index is 880. The van der Waals surface area contributed by atoms with E-state index in [9.17, 15) is 10.1 Å². The van der Waals surface area contributed by atoms with Gasteiger partial charge < -0.3 is 11.1 Å². The summed E-state index contributed by atoms with van der Waals surface area (Å²) in [4.78, 5) is 14.4. The van der Waals surface area contributed by atoms with E-state index in [0.717, 1.165) is 44.0 Å². The van der Waals surface area contributed by atoms with E-state index in [-0.39, 0.29) is 12.0 Å². The third-order valence-electron chi connectivity index (χ3n) is 5.93. The van der Waals surface area contributed by atoms with Crippen LogP contribution in [0.5, 0.6) is 0 Å². The molecule has 0 radical (unpaired) electrons. The van der Waals surface area contributed by atoms with E-state index < -0.39 is 5.91 Å². The highest BCUT2D eigenvalue weighted by Gasteiger charge is 2.38. The zero-order valence-corrected chi connectivity index (χ0v) is 16.1. The first-order valence-electron chi connectivity index (χ1n) is 9.90. The van der Waals surface area contributed by atoms with Gasteiger partial charge in [-0.15, -0.1) is 0 Å². The van der Waals surface area contributed by atoms with Gasteiger partial charge in [0.25, 0.3) is 5.91 Å². The van der Waals surface area contributed by atoms with Crippen LogP contribution >= 0.6 is 0 Å². The van der Waals surface area contributed by atoms with Gasteiger partial charge in [-0.3, -0.25) is 14.4 Å². The Balaban J connectivity index is 1.54. The highest BCUT2D eigenvalue weighted by Crippen LogP contribution is 2.38. The molecule has 0 spiro atoms. The quantitative estimate of drug-likeness (QED) is 0.833. The van der Waals surface area contributed by atoms with Crippen molar-refractivity contribution in [2.75, 3.05) is 18.4 Å². The van der Waals surface area contributed by atoms with Gasteiger partial charge in [0.15, 0.2) is 5.82 Å². The van der Waals surface area contributed by atoms with Gasteiger partial charge in [-0.05, 0) is 37.3 Å². The Morgan fingerprint density at radius 2 is 2.04 bits per heavy atom. The monoisotopic (exact) mass is 378 g/mol. The van der Waals surface area contributed by atoms with Crippen molar-refractivity contribution in [1.82, 2.24) is 14.7 Å². The molecule has 1 aromatic heterocycles. The molecule has 2 heterocycles. The van der Waals surface area contributed by atoms with Gasteiger partial charge in [0.1, 0.15) is 5.56 Å². The number of anilines is 2. The first-order chi connectivity index (χ1) is 13.5. The summed E-state index contributed by atoms with van der Waals surface area (Å²) in [5, 5.41) is 17.5. The molecule has 1 amide bonds. The molecular formula is C21H26N6O. The Hall–Kier alpha value is -2.85. The molecule has 146 valence electrons. The molecule has 2 aromatic rings. The number of para-hydroxylation sites is 1. The Morgan fingerprint density at radius 1 is 1.29 bits per heavy atom. The number of primary amides is 1. The maximum absolute atomic E-state index is 11.9. The maximum Gasteiger partial charge on any atom is 0.254 e. The third kappa shape index (κ3) is 3.60. The fourth-order valence-corrected chi connectivity index (χ4v) is 4.46. The van der Waals surface area contributed by atoms with Crippen molar-refractivity contribution in [1.29, 1.82) is 5.26 Å². The number of rotatable bonds is 5. The van der Waals surface area contributed by atoms with Crippen LogP contribution in [0, 0.1) is 23.2 Å². The minimum atomic E-state index is -0.526. The summed E-state index contributed by atoms with van der Waals surface area (Å²) in [6.45, 7) is 4.53. The highest BCUT2D eigenvalue weighted by atomic mass is 16.1. The van der Waals surface area contributed by atoms with Crippen molar-refractivity contribution >= 4 is 17.4 Å². The number of nitrogens with one attached hydrogen (secondary N) is 1. The maximum atomic E-state index is 11.9. The highest BCUT2D eigenvalue weighted by molar-refractivity contribution is 5.98. The van der Waals surface area contributed by atoms with Crippen LogP contribution in [0.4, 0.5) is 11.5 Å². The number of amides is 1. The van der Waals surface area contributed by atoms with Crippen molar-refractivity contribution in [3.63, 3.8) is 0 Å². The molecule has 1 saturated heterocycles. The largest absolute Gasteiger partial charge is 0.365 e. The predicted molar refractivity (Wildman–Crippen MR) is 107 cm³/mol. The van der Waals surface area contributed by atoms with Gasteiger partial charge >= 0.3 is 0 Å². The number of benzene rings is 1. The fraction of sp³-hybridized carbons (Fsp3) is 0.476. The minimum absolute atomic E-state index is 0.0376. The van der Waals surface area contributed by atoms with Gasteiger partial charge in [-0.2, -0.15) is 10.4 Å². The number of nitriles is 1. The van der Waals surface area contributed by atoms with E-state index in [2.05, 4.69) is 28.3 Å². The standard InChI is InChI=1S/C21H26N6O/c1-14-11-26(12-14)17-7-8-19(15(9-17)10-22)27-13-18(20(23)28)21(25-27)24-16-5-3-2-4-6-16/h2-6,13-15,17,19H,7-9,11-12H2,1H3,(H2,23,28)(H,24,25). The van der Waals surface area contributed by atoms with Crippen molar-refractivity contribution in [3.8, 4) is 6.07 Å². The Morgan fingerprint density at radius 3 is 2.68 bits per heavy atom. The molecule has 4 rings (SSSR count). The average Bonchev–Trinajstić information content (AvgIpc) is 3.09. The Kier molecular flexibility index (Phi) is 5.05. The van der Waals surface area contributed by atoms with Crippen LogP contribution in [0.3, 0.4) is 0 Å². The van der Waals surface area contributed by atoms with Crippen molar-refractivity contribution in [2.45, 2.75) is 38.3 Å².